The van der Waals surface area contributed by atoms with Crippen LogP contribution >= 0.6 is 11.3 Å². The zero-order chi connectivity index (χ0) is 28.4. The van der Waals surface area contributed by atoms with Crippen molar-refractivity contribution in [2.75, 3.05) is 45.2 Å². The zero-order valence-corrected chi connectivity index (χ0v) is 23.8. The fourth-order valence-electron chi connectivity index (χ4n) is 4.29. The van der Waals surface area contributed by atoms with Crippen molar-refractivity contribution in [3.8, 4) is 10.9 Å². The molecule has 0 bridgehead atoms. The first-order chi connectivity index (χ1) is 19.2. The molecule has 1 saturated heterocycles. The highest BCUT2D eigenvalue weighted by molar-refractivity contribution is 7.89. The van der Waals surface area contributed by atoms with Gasteiger partial charge < -0.3 is 19.7 Å². The van der Waals surface area contributed by atoms with Crippen LogP contribution in [0.4, 0.5) is 10.6 Å². The number of fused-ring (bicyclic) bond motifs is 1. The summed E-state index contributed by atoms with van der Waals surface area (Å²) in [6.45, 7) is 4.60. The van der Waals surface area contributed by atoms with E-state index in [1.54, 1.807) is 24.8 Å². The number of sulfonamides is 1. The Labute approximate surface area is 235 Å². The lowest BCUT2D eigenvalue weighted by atomic mass is 10.2. The Hall–Kier alpha value is -4.01. The van der Waals surface area contributed by atoms with Crippen molar-refractivity contribution in [1.29, 1.82) is 0 Å². The first-order valence-corrected chi connectivity index (χ1v) is 14.8. The zero-order valence-electron chi connectivity index (χ0n) is 22.2. The number of rotatable bonds is 7. The predicted octanol–water partition coefficient (Wildman–Crippen LogP) is 3.51. The molecule has 40 heavy (non-hydrogen) atoms. The van der Waals surface area contributed by atoms with Crippen LogP contribution in [-0.2, 0) is 14.8 Å². The topological polar surface area (TPSA) is 136 Å². The smallest absolute Gasteiger partial charge is 0.409 e. The van der Waals surface area contributed by atoms with E-state index in [0.29, 0.717) is 16.6 Å². The van der Waals surface area contributed by atoms with Gasteiger partial charge in [-0.15, -0.1) is 0 Å². The Morgan fingerprint density at radius 3 is 2.45 bits per heavy atom. The van der Waals surface area contributed by atoms with E-state index in [0.717, 1.165) is 16.0 Å². The molecule has 2 amide bonds. The van der Waals surface area contributed by atoms with Gasteiger partial charge in [0.15, 0.2) is 0 Å². The minimum atomic E-state index is -3.79. The molecule has 1 N–H and O–H groups in total. The summed E-state index contributed by atoms with van der Waals surface area (Å²) in [6.07, 6.45) is -0.449. The molecular weight excluding hydrogens is 556 g/mol. The first-order valence-electron chi connectivity index (χ1n) is 12.5. The van der Waals surface area contributed by atoms with Crippen LogP contribution < -0.4 is 10.1 Å². The van der Waals surface area contributed by atoms with Crippen molar-refractivity contribution < 1.29 is 27.5 Å². The molecule has 0 saturated carbocycles. The number of benzene rings is 2. The maximum absolute atomic E-state index is 13.1. The number of hydrogen-bond donors (Lipinski definition) is 1. The fraction of sp³-hybridized carbons (Fsp3) is 0.308. The quantitative estimate of drug-likeness (QED) is 0.349. The summed E-state index contributed by atoms with van der Waals surface area (Å²) in [6, 6.07) is 13.1. The molecule has 0 unspecified atom stereocenters. The van der Waals surface area contributed by atoms with Gasteiger partial charge in [-0.05, 0) is 56.3 Å². The lowest BCUT2D eigenvalue weighted by Gasteiger charge is -2.33. The second-order valence-electron chi connectivity index (χ2n) is 8.98. The SMILES string of the molecule is CCOC(=O)N1CCN(S(=O)(=O)c2ccc(C(=O)Nc3cc(C)nn3-c3nc4ccc(OC)cc4s3)cc2)CC1. The molecule has 2 aromatic heterocycles. The van der Waals surface area contributed by atoms with Crippen LogP contribution in [0.2, 0.25) is 0 Å². The highest BCUT2D eigenvalue weighted by atomic mass is 32.2. The Kier molecular flexibility index (Phi) is 7.74. The third-order valence-corrected chi connectivity index (χ3v) is 9.26. The van der Waals surface area contributed by atoms with E-state index in [-0.39, 0.29) is 43.2 Å². The van der Waals surface area contributed by atoms with Crippen LogP contribution in [0.1, 0.15) is 23.0 Å². The van der Waals surface area contributed by atoms with Crippen molar-refractivity contribution in [3.05, 3.63) is 59.8 Å². The Balaban J connectivity index is 1.29. The number of aryl methyl sites for hydroxylation is 1. The largest absolute Gasteiger partial charge is 0.497 e. The number of nitrogens with zero attached hydrogens (tertiary/aromatic N) is 5. The maximum Gasteiger partial charge on any atom is 0.409 e. The molecule has 210 valence electrons. The van der Waals surface area contributed by atoms with E-state index in [4.69, 9.17) is 9.47 Å². The van der Waals surface area contributed by atoms with Gasteiger partial charge in [0, 0.05) is 37.8 Å². The number of piperazine rings is 1. The highest BCUT2D eigenvalue weighted by Gasteiger charge is 2.30. The molecule has 1 fully saturated rings. The molecule has 0 aliphatic carbocycles. The second-order valence-corrected chi connectivity index (χ2v) is 11.9. The maximum atomic E-state index is 13.1. The molecule has 12 nitrogen and oxygen atoms in total. The number of carbonyl (C=O) groups excluding carboxylic acids is 2. The summed E-state index contributed by atoms with van der Waals surface area (Å²) in [5, 5.41) is 7.93. The van der Waals surface area contributed by atoms with Crippen molar-refractivity contribution in [2.24, 2.45) is 0 Å². The molecule has 5 rings (SSSR count). The number of carbonyl (C=O) groups is 2. The molecule has 0 spiro atoms. The van der Waals surface area contributed by atoms with E-state index in [1.165, 1.54) is 44.8 Å². The monoisotopic (exact) mass is 584 g/mol. The van der Waals surface area contributed by atoms with Crippen LogP contribution in [0, 0.1) is 6.92 Å². The third kappa shape index (κ3) is 5.50. The molecule has 4 aromatic rings. The van der Waals surface area contributed by atoms with E-state index in [9.17, 15) is 18.0 Å². The average Bonchev–Trinajstić information content (AvgIpc) is 3.55. The first kappa shape index (κ1) is 27.6. The molecule has 3 heterocycles. The number of nitrogens with one attached hydrogen (secondary N) is 1. The van der Waals surface area contributed by atoms with Gasteiger partial charge in [-0.2, -0.15) is 14.1 Å². The van der Waals surface area contributed by atoms with Gasteiger partial charge in [-0.25, -0.2) is 18.2 Å². The summed E-state index contributed by atoms with van der Waals surface area (Å²) in [4.78, 5) is 31.2. The van der Waals surface area contributed by atoms with Gasteiger partial charge in [0.1, 0.15) is 11.6 Å². The van der Waals surface area contributed by atoms with Crippen LogP contribution in [0.15, 0.2) is 53.4 Å². The highest BCUT2D eigenvalue weighted by Crippen LogP contribution is 2.30. The molecule has 0 atom stereocenters. The molecule has 1 aliphatic heterocycles. The predicted molar refractivity (Wildman–Crippen MR) is 150 cm³/mol. The number of amides is 2. The minimum absolute atomic E-state index is 0.0689. The lowest BCUT2D eigenvalue weighted by molar-refractivity contribution is 0.0933. The number of aromatic nitrogens is 3. The number of anilines is 1. The average molecular weight is 585 g/mol. The molecule has 1 aliphatic rings. The summed E-state index contributed by atoms with van der Waals surface area (Å²) in [7, 11) is -2.19. The van der Waals surface area contributed by atoms with E-state index >= 15 is 0 Å². The number of ether oxygens (including phenoxy) is 2. The van der Waals surface area contributed by atoms with Crippen molar-refractivity contribution in [2.45, 2.75) is 18.7 Å². The normalized spacial score (nSPS) is 14.3. The van der Waals surface area contributed by atoms with Crippen LogP contribution in [0.3, 0.4) is 0 Å². The minimum Gasteiger partial charge on any atom is -0.497 e. The van der Waals surface area contributed by atoms with Gasteiger partial charge in [0.25, 0.3) is 5.91 Å². The summed E-state index contributed by atoms with van der Waals surface area (Å²) in [5.74, 6) is 0.734. The number of thiazole rings is 1. The number of hydrogen-bond acceptors (Lipinski definition) is 9. The molecule has 0 radical (unpaired) electrons. The fourth-order valence-corrected chi connectivity index (χ4v) is 6.67. The van der Waals surface area contributed by atoms with Gasteiger partial charge >= 0.3 is 6.09 Å². The van der Waals surface area contributed by atoms with Gasteiger partial charge in [-0.3, -0.25) is 4.79 Å². The van der Waals surface area contributed by atoms with Gasteiger partial charge in [-0.1, -0.05) is 11.3 Å². The Morgan fingerprint density at radius 2 is 1.77 bits per heavy atom. The van der Waals surface area contributed by atoms with Crippen LogP contribution in [-0.4, -0.2) is 84.3 Å². The Bertz CT molecular complexity index is 1660. The summed E-state index contributed by atoms with van der Waals surface area (Å²) < 4.78 is 40.4. The van der Waals surface area contributed by atoms with Crippen molar-refractivity contribution >= 4 is 49.4 Å². The van der Waals surface area contributed by atoms with Gasteiger partial charge in [0.2, 0.25) is 15.2 Å². The lowest BCUT2D eigenvalue weighted by Crippen LogP contribution is -2.50. The molecular formula is C26H28N6O6S2. The molecule has 14 heteroatoms. The summed E-state index contributed by atoms with van der Waals surface area (Å²) >= 11 is 1.41. The second kappa shape index (κ2) is 11.2. The standard InChI is InChI=1S/C26H28N6O6S2/c1-4-38-26(34)30-11-13-31(14-12-30)40(35,36)20-8-5-18(6-9-20)24(33)28-23-15-17(2)29-32(23)25-27-21-10-7-19(37-3)16-22(21)39-25/h5-10,15-16H,4,11-14H2,1-3H3,(H,28,33). The Morgan fingerprint density at radius 1 is 1.05 bits per heavy atom. The van der Waals surface area contributed by atoms with E-state index < -0.39 is 22.0 Å². The van der Waals surface area contributed by atoms with Crippen molar-refractivity contribution in [1.82, 2.24) is 24.0 Å². The number of methoxy groups -OCH3 is 1. The summed E-state index contributed by atoms with van der Waals surface area (Å²) in [5.41, 5.74) is 1.76. The van der Waals surface area contributed by atoms with Crippen LogP contribution in [0.25, 0.3) is 15.3 Å². The van der Waals surface area contributed by atoms with Crippen molar-refractivity contribution in [3.63, 3.8) is 0 Å². The third-order valence-electron chi connectivity index (χ3n) is 6.36. The molecule has 2 aromatic carbocycles. The van der Waals surface area contributed by atoms with Gasteiger partial charge in [0.05, 0.1) is 34.5 Å². The van der Waals surface area contributed by atoms with E-state index in [2.05, 4.69) is 15.4 Å². The van der Waals surface area contributed by atoms with E-state index in [1.807, 2.05) is 25.1 Å². The van der Waals surface area contributed by atoms with Crippen LogP contribution in [0.5, 0.6) is 5.75 Å².